The summed E-state index contributed by atoms with van der Waals surface area (Å²) >= 11 is 0. The van der Waals surface area contributed by atoms with Crippen molar-refractivity contribution in [1.82, 2.24) is 4.57 Å². The molecule has 0 aliphatic heterocycles. The zero-order valence-electron chi connectivity index (χ0n) is 17.5. The van der Waals surface area contributed by atoms with E-state index < -0.39 is 23.4 Å². The summed E-state index contributed by atoms with van der Waals surface area (Å²) in [5, 5.41) is 13.6. The third kappa shape index (κ3) is 5.16. The summed E-state index contributed by atoms with van der Waals surface area (Å²) in [6, 6.07) is 16.0. The Morgan fingerprint density at radius 2 is 1.77 bits per heavy atom. The number of carbonyl (C=O) groups excluding carboxylic acids is 2. The molecule has 0 aliphatic rings. The van der Waals surface area contributed by atoms with E-state index >= 15 is 0 Å². The van der Waals surface area contributed by atoms with Gasteiger partial charge in [0.1, 0.15) is 5.69 Å². The van der Waals surface area contributed by atoms with Crippen LogP contribution < -0.4 is 5.32 Å². The van der Waals surface area contributed by atoms with Crippen LogP contribution in [0.15, 0.2) is 54.6 Å². The van der Waals surface area contributed by atoms with Crippen LogP contribution in [0.5, 0.6) is 0 Å². The Morgan fingerprint density at radius 1 is 1.06 bits per heavy atom. The molecule has 0 aliphatic carbocycles. The molecule has 0 radical (unpaired) electrons. The topological polar surface area (TPSA) is 103 Å². The van der Waals surface area contributed by atoms with Crippen LogP contribution in [0.4, 0.5) is 11.4 Å². The van der Waals surface area contributed by atoms with Gasteiger partial charge in [-0.2, -0.15) is 0 Å². The van der Waals surface area contributed by atoms with E-state index in [1.54, 1.807) is 19.1 Å². The van der Waals surface area contributed by atoms with Gasteiger partial charge < -0.3 is 14.6 Å². The quantitative estimate of drug-likeness (QED) is 0.350. The molecule has 0 bridgehead atoms. The third-order valence-corrected chi connectivity index (χ3v) is 4.94. The van der Waals surface area contributed by atoms with Gasteiger partial charge in [-0.1, -0.05) is 36.4 Å². The summed E-state index contributed by atoms with van der Waals surface area (Å²) in [5.41, 5.74) is 3.64. The molecule has 31 heavy (non-hydrogen) atoms. The van der Waals surface area contributed by atoms with Gasteiger partial charge in [0.15, 0.2) is 6.61 Å². The lowest BCUT2D eigenvalue weighted by Crippen LogP contribution is -2.21. The molecular formula is C23H23N3O5. The van der Waals surface area contributed by atoms with Crippen molar-refractivity contribution in [2.24, 2.45) is 0 Å². The van der Waals surface area contributed by atoms with Gasteiger partial charge in [0.25, 0.3) is 11.6 Å². The summed E-state index contributed by atoms with van der Waals surface area (Å²) in [4.78, 5) is 35.3. The van der Waals surface area contributed by atoms with Crippen LogP contribution in [0, 0.1) is 30.9 Å². The van der Waals surface area contributed by atoms with E-state index in [1.165, 1.54) is 12.1 Å². The van der Waals surface area contributed by atoms with Gasteiger partial charge in [-0.15, -0.1) is 0 Å². The number of anilines is 1. The minimum atomic E-state index is -0.654. The molecule has 3 aromatic rings. The van der Waals surface area contributed by atoms with Gasteiger partial charge in [0.2, 0.25) is 0 Å². The number of hydrogen-bond donors (Lipinski definition) is 1. The highest BCUT2D eigenvalue weighted by atomic mass is 16.6. The number of hydrogen-bond acceptors (Lipinski definition) is 5. The fourth-order valence-electron chi connectivity index (χ4n) is 3.31. The largest absolute Gasteiger partial charge is 0.452 e. The lowest BCUT2D eigenvalue weighted by molar-refractivity contribution is -0.384. The Kier molecular flexibility index (Phi) is 6.49. The first-order chi connectivity index (χ1) is 14.8. The van der Waals surface area contributed by atoms with Crippen molar-refractivity contribution in [3.63, 3.8) is 0 Å². The van der Waals surface area contributed by atoms with Crippen molar-refractivity contribution < 1.29 is 19.2 Å². The first kappa shape index (κ1) is 21.8. The smallest absolute Gasteiger partial charge is 0.340 e. The highest BCUT2D eigenvalue weighted by Gasteiger charge is 2.20. The number of esters is 1. The molecule has 1 N–H and O–H groups in total. The van der Waals surface area contributed by atoms with Gasteiger partial charge in [-0.25, -0.2) is 4.79 Å². The molecule has 0 saturated heterocycles. The number of aryl methyl sites for hydroxylation is 2. The third-order valence-electron chi connectivity index (χ3n) is 4.94. The normalized spacial score (nSPS) is 10.5. The van der Waals surface area contributed by atoms with E-state index in [2.05, 4.69) is 5.32 Å². The molecule has 1 heterocycles. The number of rotatable bonds is 7. The zero-order valence-corrected chi connectivity index (χ0v) is 17.5. The van der Waals surface area contributed by atoms with E-state index in [0.29, 0.717) is 17.7 Å². The SMILES string of the molecule is Cc1ccc(NC(=O)COC(=O)c2cc(C)n(Cc3ccccc3)c2C)c([N+](=O)[O-])c1. The number of nitrogens with one attached hydrogen (secondary N) is 1. The number of nitrogens with zero attached hydrogens (tertiary/aromatic N) is 2. The fourth-order valence-corrected chi connectivity index (χ4v) is 3.31. The van der Waals surface area contributed by atoms with Crippen LogP contribution in [-0.2, 0) is 16.1 Å². The number of amides is 1. The van der Waals surface area contributed by atoms with Crippen molar-refractivity contribution in [2.75, 3.05) is 11.9 Å². The molecule has 0 fully saturated rings. The van der Waals surface area contributed by atoms with E-state index in [-0.39, 0.29) is 11.4 Å². The molecular weight excluding hydrogens is 398 g/mol. The van der Waals surface area contributed by atoms with Crippen molar-refractivity contribution in [3.8, 4) is 0 Å². The van der Waals surface area contributed by atoms with Crippen LogP contribution in [-0.4, -0.2) is 28.0 Å². The number of carbonyl (C=O) groups is 2. The Morgan fingerprint density at radius 3 is 2.45 bits per heavy atom. The van der Waals surface area contributed by atoms with E-state index in [9.17, 15) is 19.7 Å². The van der Waals surface area contributed by atoms with Crippen LogP contribution in [0.2, 0.25) is 0 Å². The highest BCUT2D eigenvalue weighted by molar-refractivity contribution is 5.97. The van der Waals surface area contributed by atoms with Crippen LogP contribution in [0.3, 0.4) is 0 Å². The zero-order chi connectivity index (χ0) is 22.5. The minimum absolute atomic E-state index is 0.0534. The number of nitro benzene ring substituents is 1. The van der Waals surface area contributed by atoms with Crippen molar-refractivity contribution in [1.29, 1.82) is 0 Å². The predicted octanol–water partition coefficient (Wildman–Crippen LogP) is 4.17. The molecule has 0 unspecified atom stereocenters. The molecule has 3 rings (SSSR count). The van der Waals surface area contributed by atoms with Gasteiger partial charge >= 0.3 is 5.97 Å². The second kappa shape index (κ2) is 9.25. The molecule has 8 heteroatoms. The summed E-state index contributed by atoms with van der Waals surface area (Å²) in [6.45, 7) is 5.50. The van der Waals surface area contributed by atoms with E-state index in [4.69, 9.17) is 4.74 Å². The van der Waals surface area contributed by atoms with Crippen molar-refractivity contribution in [3.05, 3.63) is 92.8 Å². The summed E-state index contributed by atoms with van der Waals surface area (Å²) in [6.07, 6.45) is 0. The molecule has 1 amide bonds. The lowest BCUT2D eigenvalue weighted by Gasteiger charge is -2.10. The molecule has 2 aromatic carbocycles. The first-order valence-electron chi connectivity index (χ1n) is 9.69. The maximum absolute atomic E-state index is 12.5. The van der Waals surface area contributed by atoms with E-state index in [0.717, 1.165) is 17.0 Å². The fraction of sp³-hybridized carbons (Fsp3) is 0.217. The van der Waals surface area contributed by atoms with Crippen LogP contribution in [0.25, 0.3) is 0 Å². The average molecular weight is 421 g/mol. The van der Waals surface area contributed by atoms with Gasteiger partial charge in [0.05, 0.1) is 10.5 Å². The Hall–Kier alpha value is -3.94. The van der Waals surface area contributed by atoms with Crippen molar-refractivity contribution >= 4 is 23.3 Å². The summed E-state index contributed by atoms with van der Waals surface area (Å²) in [7, 11) is 0. The van der Waals surface area contributed by atoms with Gasteiger partial charge in [0, 0.05) is 24.0 Å². The molecule has 8 nitrogen and oxygen atoms in total. The number of benzene rings is 2. The van der Waals surface area contributed by atoms with Crippen LogP contribution >= 0.6 is 0 Å². The number of nitro groups is 1. The van der Waals surface area contributed by atoms with E-state index in [1.807, 2.05) is 48.7 Å². The number of aromatic nitrogens is 1. The monoisotopic (exact) mass is 421 g/mol. The minimum Gasteiger partial charge on any atom is -0.452 e. The Labute approximate surface area is 179 Å². The maximum atomic E-state index is 12.5. The molecule has 0 saturated carbocycles. The molecule has 1 aromatic heterocycles. The van der Waals surface area contributed by atoms with Gasteiger partial charge in [-0.05, 0) is 44.0 Å². The summed E-state index contributed by atoms with van der Waals surface area (Å²) in [5.74, 6) is -1.28. The van der Waals surface area contributed by atoms with Gasteiger partial charge in [-0.3, -0.25) is 14.9 Å². The predicted molar refractivity (Wildman–Crippen MR) is 116 cm³/mol. The second-order valence-corrected chi connectivity index (χ2v) is 7.26. The second-order valence-electron chi connectivity index (χ2n) is 7.26. The highest BCUT2D eigenvalue weighted by Crippen LogP contribution is 2.25. The summed E-state index contributed by atoms with van der Waals surface area (Å²) < 4.78 is 7.15. The average Bonchev–Trinajstić information content (AvgIpc) is 3.02. The Balaban J connectivity index is 1.66. The molecule has 0 atom stereocenters. The lowest BCUT2D eigenvalue weighted by atomic mass is 10.2. The maximum Gasteiger partial charge on any atom is 0.340 e. The van der Waals surface area contributed by atoms with Crippen molar-refractivity contribution in [2.45, 2.75) is 27.3 Å². The first-order valence-corrected chi connectivity index (χ1v) is 9.69. The van der Waals surface area contributed by atoms with Crippen LogP contribution in [0.1, 0.15) is 32.9 Å². The molecule has 160 valence electrons. The molecule has 0 spiro atoms. The Bertz CT molecular complexity index is 1140. The standard InChI is InChI=1S/C23H23N3O5/c1-15-9-10-20(21(11-15)26(29)30)24-22(27)14-31-23(28)19-12-16(2)25(17(19)3)13-18-7-5-4-6-8-18/h4-12H,13-14H2,1-3H3,(H,24,27). The number of ether oxygens (including phenoxy) is 1.